The van der Waals surface area contributed by atoms with E-state index in [0.717, 1.165) is 10.9 Å². The molecule has 1 aromatic heterocycles. The number of furan rings is 1. The van der Waals surface area contributed by atoms with Gasteiger partial charge in [0.15, 0.2) is 17.1 Å². The Kier molecular flexibility index (Phi) is 4.82. The summed E-state index contributed by atoms with van der Waals surface area (Å²) < 4.78 is 10.8. The lowest BCUT2D eigenvalue weighted by Crippen LogP contribution is -2.25. The van der Waals surface area contributed by atoms with Crippen LogP contribution in [-0.2, 0) is 0 Å². The molecule has 1 amide bonds. The highest BCUT2D eigenvalue weighted by Crippen LogP contribution is 2.28. The normalized spacial score (nSPS) is 12.1. The first-order valence-corrected chi connectivity index (χ1v) is 7.77. The van der Waals surface area contributed by atoms with Crippen molar-refractivity contribution in [3.8, 4) is 5.75 Å². The number of aliphatic hydroxyl groups is 1. The van der Waals surface area contributed by atoms with Crippen molar-refractivity contribution in [2.75, 3.05) is 13.7 Å². The van der Waals surface area contributed by atoms with E-state index in [4.69, 9.17) is 9.15 Å². The maximum atomic E-state index is 12.2. The molecule has 0 radical (unpaired) electrons. The molecule has 124 valence electrons. The maximum absolute atomic E-state index is 12.2. The van der Waals surface area contributed by atoms with E-state index in [1.807, 2.05) is 42.5 Å². The number of methoxy groups -OCH3 is 1. The van der Waals surface area contributed by atoms with E-state index < -0.39 is 6.10 Å². The summed E-state index contributed by atoms with van der Waals surface area (Å²) >= 11 is 0. The fraction of sp³-hybridized carbons (Fsp3) is 0.211. The van der Waals surface area contributed by atoms with E-state index in [1.165, 1.54) is 0 Å². The van der Waals surface area contributed by atoms with Gasteiger partial charge in [-0.25, -0.2) is 0 Å². The summed E-state index contributed by atoms with van der Waals surface area (Å²) in [5, 5.41) is 13.7. The molecule has 3 rings (SSSR count). The van der Waals surface area contributed by atoms with Gasteiger partial charge in [0.25, 0.3) is 5.91 Å². The Hall–Kier alpha value is -2.79. The Bertz CT molecular complexity index is 826. The van der Waals surface area contributed by atoms with Gasteiger partial charge in [-0.2, -0.15) is 0 Å². The average molecular weight is 325 g/mol. The van der Waals surface area contributed by atoms with Gasteiger partial charge >= 0.3 is 0 Å². The monoisotopic (exact) mass is 325 g/mol. The number of nitrogens with one attached hydrogen (secondary N) is 1. The van der Waals surface area contributed by atoms with Crippen LogP contribution in [0.4, 0.5) is 0 Å². The van der Waals surface area contributed by atoms with Crippen molar-refractivity contribution in [2.24, 2.45) is 0 Å². The molecule has 0 spiro atoms. The fourth-order valence-electron chi connectivity index (χ4n) is 2.56. The van der Waals surface area contributed by atoms with E-state index >= 15 is 0 Å². The van der Waals surface area contributed by atoms with Gasteiger partial charge in [-0.3, -0.25) is 4.79 Å². The van der Waals surface area contributed by atoms with Crippen LogP contribution in [0.3, 0.4) is 0 Å². The Balaban J connectivity index is 1.61. The van der Waals surface area contributed by atoms with Gasteiger partial charge in [0.05, 0.1) is 13.2 Å². The Morgan fingerprint density at radius 3 is 2.75 bits per heavy atom. The van der Waals surface area contributed by atoms with Crippen LogP contribution in [0.5, 0.6) is 5.75 Å². The fourth-order valence-corrected chi connectivity index (χ4v) is 2.56. The van der Waals surface area contributed by atoms with E-state index in [0.29, 0.717) is 24.3 Å². The molecular formula is C19H19NO4. The molecule has 5 heteroatoms. The molecule has 5 nitrogen and oxygen atoms in total. The Morgan fingerprint density at radius 2 is 2.00 bits per heavy atom. The minimum Gasteiger partial charge on any atom is -0.493 e. The molecule has 0 aliphatic carbocycles. The van der Waals surface area contributed by atoms with Crippen LogP contribution in [0.25, 0.3) is 11.0 Å². The summed E-state index contributed by atoms with van der Waals surface area (Å²) in [6, 6.07) is 16.5. The summed E-state index contributed by atoms with van der Waals surface area (Å²) in [6.07, 6.45) is -0.179. The van der Waals surface area contributed by atoms with E-state index in [9.17, 15) is 9.90 Å². The molecular weight excluding hydrogens is 306 g/mol. The smallest absolute Gasteiger partial charge is 0.287 e. The van der Waals surface area contributed by atoms with Crippen LogP contribution in [0.2, 0.25) is 0 Å². The number of amides is 1. The highest BCUT2D eigenvalue weighted by Gasteiger charge is 2.15. The zero-order chi connectivity index (χ0) is 16.9. The summed E-state index contributed by atoms with van der Waals surface area (Å²) in [5.74, 6) is 0.503. The number of benzene rings is 2. The predicted octanol–water partition coefficient (Wildman–Crippen LogP) is 3.29. The molecule has 0 aliphatic rings. The third kappa shape index (κ3) is 3.41. The van der Waals surface area contributed by atoms with Crippen molar-refractivity contribution in [2.45, 2.75) is 12.5 Å². The van der Waals surface area contributed by atoms with Gasteiger partial charge in [0.2, 0.25) is 0 Å². The number of hydrogen-bond donors (Lipinski definition) is 2. The molecule has 3 aromatic rings. The van der Waals surface area contributed by atoms with Gasteiger partial charge in [-0.1, -0.05) is 42.5 Å². The third-order valence-corrected chi connectivity index (χ3v) is 3.84. The first-order valence-electron chi connectivity index (χ1n) is 7.77. The van der Waals surface area contributed by atoms with Gasteiger partial charge in [-0.15, -0.1) is 0 Å². The number of fused-ring (bicyclic) bond motifs is 1. The molecule has 1 atom stereocenters. The van der Waals surface area contributed by atoms with Crippen molar-refractivity contribution < 1.29 is 19.1 Å². The molecule has 0 aliphatic heterocycles. The second-order valence-corrected chi connectivity index (χ2v) is 5.46. The quantitative estimate of drug-likeness (QED) is 0.729. The van der Waals surface area contributed by atoms with Crippen molar-refractivity contribution >= 4 is 16.9 Å². The average Bonchev–Trinajstić information content (AvgIpc) is 3.06. The van der Waals surface area contributed by atoms with Crippen molar-refractivity contribution in [1.29, 1.82) is 0 Å². The minimum absolute atomic E-state index is 0.226. The second kappa shape index (κ2) is 7.19. The number of aliphatic hydroxyl groups excluding tert-OH is 1. The van der Waals surface area contributed by atoms with Crippen LogP contribution in [0.15, 0.2) is 59.0 Å². The molecule has 0 saturated carbocycles. The van der Waals surface area contributed by atoms with Gasteiger partial charge < -0.3 is 19.6 Å². The first kappa shape index (κ1) is 16.1. The minimum atomic E-state index is -0.609. The van der Waals surface area contributed by atoms with Crippen LogP contribution in [0.1, 0.15) is 28.6 Å². The predicted molar refractivity (Wildman–Crippen MR) is 91.1 cm³/mol. The van der Waals surface area contributed by atoms with Crippen LogP contribution in [-0.4, -0.2) is 24.7 Å². The summed E-state index contributed by atoms with van der Waals surface area (Å²) in [5.41, 5.74) is 1.38. The molecule has 0 saturated heterocycles. The lowest BCUT2D eigenvalue weighted by molar-refractivity contribution is 0.0917. The molecule has 1 heterocycles. The number of hydrogen-bond acceptors (Lipinski definition) is 4. The Labute approximate surface area is 139 Å². The maximum Gasteiger partial charge on any atom is 0.287 e. The molecule has 0 fully saturated rings. The lowest BCUT2D eigenvalue weighted by Gasteiger charge is -2.11. The highest BCUT2D eigenvalue weighted by atomic mass is 16.5. The van der Waals surface area contributed by atoms with Gasteiger partial charge in [0.1, 0.15) is 0 Å². The lowest BCUT2D eigenvalue weighted by atomic mass is 10.1. The van der Waals surface area contributed by atoms with E-state index in [-0.39, 0.29) is 11.7 Å². The van der Waals surface area contributed by atoms with Gasteiger partial charge in [-0.05, 0) is 24.1 Å². The van der Waals surface area contributed by atoms with Crippen molar-refractivity contribution in [3.63, 3.8) is 0 Å². The molecule has 2 N–H and O–H groups in total. The van der Waals surface area contributed by atoms with Gasteiger partial charge in [0, 0.05) is 11.9 Å². The number of para-hydroxylation sites is 1. The topological polar surface area (TPSA) is 71.7 Å². The van der Waals surface area contributed by atoms with Crippen molar-refractivity contribution in [1.82, 2.24) is 5.32 Å². The Morgan fingerprint density at radius 1 is 1.21 bits per heavy atom. The van der Waals surface area contributed by atoms with Crippen LogP contribution in [0, 0.1) is 0 Å². The molecule has 2 aromatic carbocycles. The number of carbonyl (C=O) groups is 1. The summed E-state index contributed by atoms with van der Waals surface area (Å²) in [6.45, 7) is 0.350. The largest absolute Gasteiger partial charge is 0.493 e. The molecule has 24 heavy (non-hydrogen) atoms. The molecule has 1 unspecified atom stereocenters. The second-order valence-electron chi connectivity index (χ2n) is 5.46. The van der Waals surface area contributed by atoms with Crippen LogP contribution < -0.4 is 10.1 Å². The summed E-state index contributed by atoms with van der Waals surface area (Å²) in [4.78, 5) is 12.2. The standard InChI is InChI=1S/C19H19NO4/c1-23-16-9-5-8-14-12-17(24-18(14)16)19(22)20-11-10-15(21)13-6-3-2-4-7-13/h2-9,12,15,21H,10-11H2,1H3,(H,20,22). The highest BCUT2D eigenvalue weighted by molar-refractivity contribution is 5.97. The third-order valence-electron chi connectivity index (χ3n) is 3.84. The zero-order valence-electron chi connectivity index (χ0n) is 13.4. The number of carbonyl (C=O) groups excluding carboxylic acids is 1. The van der Waals surface area contributed by atoms with E-state index in [2.05, 4.69) is 5.32 Å². The van der Waals surface area contributed by atoms with Crippen LogP contribution >= 0.6 is 0 Å². The number of rotatable bonds is 6. The molecule has 0 bridgehead atoms. The number of ether oxygens (including phenoxy) is 1. The van der Waals surface area contributed by atoms with Crippen molar-refractivity contribution in [3.05, 3.63) is 65.9 Å². The SMILES string of the molecule is COc1cccc2cc(C(=O)NCCC(O)c3ccccc3)oc12. The zero-order valence-corrected chi connectivity index (χ0v) is 13.4. The summed E-state index contributed by atoms with van der Waals surface area (Å²) in [7, 11) is 1.56. The van der Waals surface area contributed by atoms with E-state index in [1.54, 1.807) is 19.2 Å². The first-order chi connectivity index (χ1) is 11.7.